The monoisotopic (exact) mass is 409 g/mol. The fourth-order valence-corrected chi connectivity index (χ4v) is 4.68. The lowest BCUT2D eigenvalue weighted by molar-refractivity contribution is -0.118. The molecular weight excluding hydrogens is 382 g/mol. The molecule has 4 rings (SSSR count). The summed E-state index contributed by atoms with van der Waals surface area (Å²) in [6.45, 7) is 4.27. The predicted molar refractivity (Wildman–Crippen MR) is 120 cm³/mol. The first-order chi connectivity index (χ1) is 13.7. The van der Waals surface area contributed by atoms with Crippen molar-refractivity contribution in [3.05, 3.63) is 46.7 Å². The third-order valence-corrected chi connectivity index (χ3v) is 6.19. The number of thioether (sulfide) groups is 1. The summed E-state index contributed by atoms with van der Waals surface area (Å²) in [5, 5.41) is 4.06. The van der Waals surface area contributed by atoms with Crippen molar-refractivity contribution in [2.45, 2.75) is 37.8 Å². The maximum atomic E-state index is 13.3. The lowest BCUT2D eigenvalue weighted by Crippen LogP contribution is -2.34. The van der Waals surface area contributed by atoms with Crippen molar-refractivity contribution < 1.29 is 4.79 Å². The molecule has 0 unspecified atom stereocenters. The summed E-state index contributed by atoms with van der Waals surface area (Å²) in [6, 6.07) is 8.30. The number of benzene rings is 1. The molecular formula is C22H27N5OS. The number of carbonyl (C=O) groups is 1. The van der Waals surface area contributed by atoms with E-state index in [9.17, 15) is 4.79 Å². The molecule has 0 fully saturated rings. The van der Waals surface area contributed by atoms with Crippen molar-refractivity contribution >= 4 is 34.9 Å². The Bertz CT molecular complexity index is 1010. The normalized spacial score (nSPS) is 20.0. The molecule has 0 saturated carbocycles. The topological polar surface area (TPSA) is 84.1 Å². The van der Waals surface area contributed by atoms with Crippen LogP contribution in [-0.4, -0.2) is 36.1 Å². The van der Waals surface area contributed by atoms with Crippen LogP contribution in [0.2, 0.25) is 0 Å². The van der Waals surface area contributed by atoms with E-state index in [4.69, 9.17) is 5.73 Å². The molecule has 1 aromatic heterocycles. The van der Waals surface area contributed by atoms with E-state index >= 15 is 0 Å². The smallest absolute Gasteiger partial charge is 0.191 e. The van der Waals surface area contributed by atoms with Crippen molar-refractivity contribution in [1.29, 1.82) is 0 Å². The van der Waals surface area contributed by atoms with E-state index in [-0.39, 0.29) is 17.1 Å². The summed E-state index contributed by atoms with van der Waals surface area (Å²) in [5.41, 5.74) is 11.0. The van der Waals surface area contributed by atoms with Crippen molar-refractivity contribution in [3.8, 4) is 0 Å². The molecule has 0 spiro atoms. The van der Waals surface area contributed by atoms with Gasteiger partial charge in [0.2, 0.25) is 0 Å². The number of carbonyl (C=O) groups excluding carboxylic acids is 1. The molecule has 3 N–H and O–H groups in total. The number of fused-ring (bicyclic) bond motifs is 1. The zero-order valence-corrected chi connectivity index (χ0v) is 18.4. The van der Waals surface area contributed by atoms with E-state index in [0.29, 0.717) is 23.2 Å². The lowest BCUT2D eigenvalue weighted by Gasteiger charge is -2.39. The summed E-state index contributed by atoms with van der Waals surface area (Å²) in [5.74, 6) is 1.06. The highest BCUT2D eigenvalue weighted by molar-refractivity contribution is 7.98. The molecule has 1 aromatic carbocycles. The molecule has 2 aliphatic rings. The van der Waals surface area contributed by atoms with Crippen molar-refractivity contribution in [3.63, 3.8) is 0 Å². The number of hydrogen-bond donors (Lipinski definition) is 2. The van der Waals surface area contributed by atoms with Crippen LogP contribution in [-0.2, 0) is 4.79 Å². The van der Waals surface area contributed by atoms with E-state index in [1.165, 1.54) is 11.8 Å². The molecule has 0 saturated heterocycles. The van der Waals surface area contributed by atoms with Gasteiger partial charge < -0.3 is 16.0 Å². The highest BCUT2D eigenvalue weighted by Crippen LogP contribution is 2.50. The highest BCUT2D eigenvalue weighted by Gasteiger charge is 2.42. The third-order valence-electron chi connectivity index (χ3n) is 5.65. The van der Waals surface area contributed by atoms with E-state index in [0.717, 1.165) is 34.5 Å². The Morgan fingerprint density at radius 1 is 1.17 bits per heavy atom. The number of nitrogens with two attached hydrogens (primary N) is 1. The van der Waals surface area contributed by atoms with Gasteiger partial charge in [0, 0.05) is 49.0 Å². The zero-order valence-electron chi connectivity index (χ0n) is 17.5. The first-order valence-corrected chi connectivity index (χ1v) is 10.9. The van der Waals surface area contributed by atoms with Crippen LogP contribution in [0.3, 0.4) is 0 Å². The van der Waals surface area contributed by atoms with Crippen LogP contribution >= 0.6 is 11.8 Å². The van der Waals surface area contributed by atoms with Gasteiger partial charge in [0.15, 0.2) is 10.9 Å². The van der Waals surface area contributed by atoms with Gasteiger partial charge in [-0.2, -0.15) is 0 Å². The highest BCUT2D eigenvalue weighted by atomic mass is 32.2. The average Bonchev–Trinajstić information content (AvgIpc) is 2.65. The zero-order chi connectivity index (χ0) is 20.9. The van der Waals surface area contributed by atoms with Crippen LogP contribution in [0.1, 0.15) is 43.7 Å². The van der Waals surface area contributed by atoms with Gasteiger partial charge in [-0.1, -0.05) is 37.7 Å². The summed E-state index contributed by atoms with van der Waals surface area (Å²) >= 11 is 1.46. The van der Waals surface area contributed by atoms with E-state index in [2.05, 4.69) is 58.3 Å². The molecule has 0 radical (unpaired) electrons. The molecule has 29 heavy (non-hydrogen) atoms. The Morgan fingerprint density at radius 2 is 1.86 bits per heavy atom. The number of hydrogen-bond acceptors (Lipinski definition) is 7. The van der Waals surface area contributed by atoms with Gasteiger partial charge in [0.05, 0.1) is 0 Å². The minimum atomic E-state index is -0.253. The van der Waals surface area contributed by atoms with Gasteiger partial charge in [0.1, 0.15) is 11.6 Å². The first kappa shape index (κ1) is 19.8. The molecule has 2 heterocycles. The van der Waals surface area contributed by atoms with Crippen LogP contribution in [0.15, 0.2) is 40.7 Å². The molecule has 0 bridgehead atoms. The summed E-state index contributed by atoms with van der Waals surface area (Å²) in [4.78, 5) is 24.5. The Hall–Kier alpha value is -2.54. The molecule has 1 aliphatic heterocycles. The average molecular weight is 410 g/mol. The second kappa shape index (κ2) is 7.06. The Morgan fingerprint density at radius 3 is 2.48 bits per heavy atom. The number of aromatic nitrogens is 2. The molecule has 0 amide bonds. The number of allylic oxidation sites excluding steroid dienone is 2. The van der Waals surface area contributed by atoms with Crippen LogP contribution < -0.4 is 16.0 Å². The number of rotatable bonds is 3. The van der Waals surface area contributed by atoms with Crippen molar-refractivity contribution in [2.75, 3.05) is 36.3 Å². The van der Waals surface area contributed by atoms with Crippen LogP contribution in [0.5, 0.6) is 0 Å². The van der Waals surface area contributed by atoms with Crippen molar-refractivity contribution in [1.82, 2.24) is 9.97 Å². The SMILES string of the molecule is CSc1nc(N)c2c(n1)NC1=C(C(=O)CC(C)(C)C1)[C@H]2c1ccc(N(C)C)cc1. The largest absolute Gasteiger partial charge is 0.383 e. The third kappa shape index (κ3) is 3.48. The fourth-order valence-electron chi connectivity index (χ4n) is 4.30. The Labute approximate surface area is 176 Å². The number of anilines is 3. The standard InChI is InChI=1S/C22H27N5OS/c1-22(2)10-14-17(15(28)11-22)16(12-6-8-13(9-7-12)27(3)4)18-19(23)25-21(29-5)26-20(18)24-14/h6-9,16H,10-11H2,1-5H3,(H3,23,24,25,26)/t16-/m1/s1. The number of nitrogens with zero attached hydrogens (tertiary/aromatic N) is 3. The second-order valence-corrected chi connectivity index (χ2v) is 9.51. The molecule has 6 nitrogen and oxygen atoms in total. The molecule has 7 heteroatoms. The van der Waals surface area contributed by atoms with Gasteiger partial charge in [0.25, 0.3) is 0 Å². The molecule has 1 aliphatic carbocycles. The maximum absolute atomic E-state index is 13.3. The number of nitrogens with one attached hydrogen (secondary N) is 1. The predicted octanol–water partition coefficient (Wildman–Crippen LogP) is 4.05. The molecule has 1 atom stereocenters. The van der Waals surface area contributed by atoms with Gasteiger partial charge in [-0.05, 0) is 35.8 Å². The second-order valence-electron chi connectivity index (χ2n) is 8.73. The van der Waals surface area contributed by atoms with E-state index in [1.54, 1.807) is 0 Å². The van der Waals surface area contributed by atoms with Gasteiger partial charge in [-0.25, -0.2) is 9.97 Å². The van der Waals surface area contributed by atoms with Gasteiger partial charge in [-0.15, -0.1) is 0 Å². The van der Waals surface area contributed by atoms with E-state index in [1.807, 2.05) is 20.4 Å². The fraction of sp³-hybridized carbons (Fsp3) is 0.409. The van der Waals surface area contributed by atoms with Crippen LogP contribution in [0.25, 0.3) is 0 Å². The van der Waals surface area contributed by atoms with Gasteiger partial charge in [-0.3, -0.25) is 4.79 Å². The molecule has 152 valence electrons. The van der Waals surface area contributed by atoms with Crippen LogP contribution in [0, 0.1) is 5.41 Å². The molecule has 2 aromatic rings. The first-order valence-electron chi connectivity index (χ1n) is 9.72. The Balaban J connectivity index is 1.92. The quantitative estimate of drug-likeness (QED) is 0.584. The summed E-state index contributed by atoms with van der Waals surface area (Å²) in [6.07, 6.45) is 3.26. The van der Waals surface area contributed by atoms with Gasteiger partial charge >= 0.3 is 0 Å². The summed E-state index contributed by atoms with van der Waals surface area (Å²) < 4.78 is 0. The summed E-state index contributed by atoms with van der Waals surface area (Å²) in [7, 11) is 4.02. The lowest BCUT2D eigenvalue weighted by atomic mass is 9.69. The maximum Gasteiger partial charge on any atom is 0.191 e. The number of nitrogen functional groups attached to an aromatic ring is 1. The Kier molecular flexibility index (Phi) is 4.81. The number of Topliss-reactive ketones (excluding diaryl/α,β-unsaturated/α-hetero) is 1. The van der Waals surface area contributed by atoms with Crippen molar-refractivity contribution in [2.24, 2.45) is 5.41 Å². The minimum Gasteiger partial charge on any atom is -0.383 e. The van der Waals surface area contributed by atoms with Crippen LogP contribution in [0.4, 0.5) is 17.3 Å². The number of ketones is 1. The minimum absolute atomic E-state index is 0.0827. The van der Waals surface area contributed by atoms with E-state index < -0.39 is 0 Å².